The van der Waals surface area contributed by atoms with Crippen molar-refractivity contribution in [2.45, 2.75) is 38.1 Å². The maximum atomic E-state index is 11.4. The van der Waals surface area contributed by atoms with Gasteiger partial charge >= 0.3 is 0 Å². The summed E-state index contributed by atoms with van der Waals surface area (Å²) in [6, 6.07) is 6.47. The van der Waals surface area contributed by atoms with Crippen LogP contribution in [-0.4, -0.2) is 22.0 Å². The van der Waals surface area contributed by atoms with Crippen LogP contribution in [0.4, 0.5) is 0 Å². The molecule has 20 heavy (non-hydrogen) atoms. The van der Waals surface area contributed by atoms with E-state index in [0.717, 1.165) is 23.3 Å². The van der Waals surface area contributed by atoms with Gasteiger partial charge in [0.1, 0.15) is 5.82 Å². The second-order valence-corrected chi connectivity index (χ2v) is 6.10. The Morgan fingerprint density at radius 3 is 2.95 bits per heavy atom. The normalized spacial score (nSPS) is 20.9. The highest BCUT2D eigenvalue weighted by atomic mass is 35.5. The Hall–Kier alpha value is -1.55. The van der Waals surface area contributed by atoms with Crippen molar-refractivity contribution in [1.82, 2.24) is 14.9 Å². The molecule has 4 nitrogen and oxygen atoms in total. The first-order valence-electron chi connectivity index (χ1n) is 6.95. The lowest BCUT2D eigenvalue weighted by atomic mass is 10.1. The predicted octanol–water partition coefficient (Wildman–Crippen LogP) is 3.10. The number of hydrogen-bond donors (Lipinski definition) is 1. The standard InChI is InChI=1S/C15H18ClN3O/c1-9-3-5-12-13(7-9)19(15(18-12)10(2)16)11-4-6-14(20)17-8-11/h3,5,7,10-11H,4,6,8H2,1-2H3,(H,17,20). The van der Waals surface area contributed by atoms with Gasteiger partial charge in [0.05, 0.1) is 22.5 Å². The summed E-state index contributed by atoms with van der Waals surface area (Å²) in [7, 11) is 0. The summed E-state index contributed by atoms with van der Waals surface area (Å²) in [4.78, 5) is 16.0. The lowest BCUT2D eigenvalue weighted by Crippen LogP contribution is -2.36. The largest absolute Gasteiger partial charge is 0.354 e. The second kappa shape index (κ2) is 5.09. The third-order valence-electron chi connectivity index (χ3n) is 3.83. The highest BCUT2D eigenvalue weighted by Crippen LogP contribution is 2.31. The number of piperidine rings is 1. The zero-order valence-electron chi connectivity index (χ0n) is 11.7. The average molecular weight is 292 g/mol. The van der Waals surface area contributed by atoms with Crippen molar-refractivity contribution < 1.29 is 4.79 Å². The summed E-state index contributed by atoms with van der Waals surface area (Å²) in [6.07, 6.45) is 1.40. The number of nitrogens with one attached hydrogen (secondary N) is 1. The average Bonchev–Trinajstić information content (AvgIpc) is 2.78. The van der Waals surface area contributed by atoms with Crippen LogP contribution in [0.3, 0.4) is 0 Å². The smallest absolute Gasteiger partial charge is 0.220 e. The third-order valence-corrected chi connectivity index (χ3v) is 4.03. The van der Waals surface area contributed by atoms with E-state index < -0.39 is 0 Å². The molecule has 0 radical (unpaired) electrons. The van der Waals surface area contributed by atoms with Crippen LogP contribution in [0.25, 0.3) is 11.0 Å². The van der Waals surface area contributed by atoms with Crippen LogP contribution >= 0.6 is 11.6 Å². The van der Waals surface area contributed by atoms with Gasteiger partial charge in [-0.2, -0.15) is 0 Å². The fourth-order valence-corrected chi connectivity index (χ4v) is 2.98. The van der Waals surface area contributed by atoms with Crippen LogP contribution in [0, 0.1) is 6.92 Å². The van der Waals surface area contributed by atoms with Gasteiger partial charge in [0, 0.05) is 13.0 Å². The zero-order chi connectivity index (χ0) is 14.3. The highest BCUT2D eigenvalue weighted by molar-refractivity contribution is 6.20. The van der Waals surface area contributed by atoms with Crippen LogP contribution in [0.2, 0.25) is 0 Å². The Kier molecular flexibility index (Phi) is 3.42. The summed E-state index contributed by atoms with van der Waals surface area (Å²) >= 11 is 6.30. The fraction of sp³-hybridized carbons (Fsp3) is 0.467. The van der Waals surface area contributed by atoms with E-state index in [1.807, 2.05) is 13.0 Å². The van der Waals surface area contributed by atoms with Gasteiger partial charge in [-0.1, -0.05) is 6.07 Å². The van der Waals surface area contributed by atoms with Crippen molar-refractivity contribution in [1.29, 1.82) is 0 Å². The van der Waals surface area contributed by atoms with Crippen LogP contribution in [0.5, 0.6) is 0 Å². The molecule has 1 aliphatic heterocycles. The molecule has 1 saturated heterocycles. The molecule has 0 bridgehead atoms. The number of imidazole rings is 1. The molecule has 1 aromatic carbocycles. The molecule has 1 N–H and O–H groups in total. The third kappa shape index (κ3) is 2.29. The number of halogens is 1. The van der Waals surface area contributed by atoms with Gasteiger partial charge in [0.15, 0.2) is 0 Å². The second-order valence-electron chi connectivity index (χ2n) is 5.44. The van der Waals surface area contributed by atoms with E-state index in [0.29, 0.717) is 13.0 Å². The Morgan fingerprint density at radius 2 is 2.30 bits per heavy atom. The number of carbonyl (C=O) groups is 1. The molecule has 106 valence electrons. The van der Waals surface area contributed by atoms with Crippen molar-refractivity contribution >= 4 is 28.5 Å². The van der Waals surface area contributed by atoms with Crippen LogP contribution in [0.1, 0.15) is 42.6 Å². The fourth-order valence-electron chi connectivity index (χ4n) is 2.83. The van der Waals surface area contributed by atoms with Crippen LogP contribution in [0.15, 0.2) is 18.2 Å². The lowest BCUT2D eigenvalue weighted by Gasteiger charge is -2.26. The number of aromatic nitrogens is 2. The van der Waals surface area contributed by atoms with E-state index in [1.54, 1.807) is 0 Å². The number of fused-ring (bicyclic) bond motifs is 1. The van der Waals surface area contributed by atoms with E-state index in [1.165, 1.54) is 5.56 Å². The number of amides is 1. The molecule has 0 aliphatic carbocycles. The molecule has 3 rings (SSSR count). The summed E-state index contributed by atoms with van der Waals surface area (Å²) in [5.74, 6) is 1.01. The van der Waals surface area contributed by atoms with Crippen molar-refractivity contribution in [3.63, 3.8) is 0 Å². The number of hydrogen-bond acceptors (Lipinski definition) is 2. The molecule has 1 aromatic heterocycles. The predicted molar refractivity (Wildman–Crippen MR) is 80.0 cm³/mol. The number of alkyl halides is 1. The Bertz CT molecular complexity index is 652. The number of carbonyl (C=O) groups excluding carboxylic acids is 1. The molecule has 2 unspecified atom stereocenters. The molecule has 1 amide bonds. The van der Waals surface area contributed by atoms with Gasteiger partial charge in [0.2, 0.25) is 5.91 Å². The SMILES string of the molecule is Cc1ccc2nc(C(C)Cl)n(C3CCC(=O)NC3)c2c1. The van der Waals surface area contributed by atoms with Crippen molar-refractivity contribution in [2.75, 3.05) is 6.54 Å². The van der Waals surface area contributed by atoms with Crippen LogP contribution in [-0.2, 0) is 4.79 Å². The minimum absolute atomic E-state index is 0.127. The summed E-state index contributed by atoms with van der Waals surface area (Å²) in [5, 5.41) is 2.78. The van der Waals surface area contributed by atoms with Crippen molar-refractivity contribution in [2.24, 2.45) is 0 Å². The molecule has 1 fully saturated rings. The van der Waals surface area contributed by atoms with Crippen molar-refractivity contribution in [3.05, 3.63) is 29.6 Å². The molecule has 1 aliphatic rings. The number of rotatable bonds is 2. The van der Waals surface area contributed by atoms with Gasteiger partial charge in [-0.3, -0.25) is 4.79 Å². The van der Waals surface area contributed by atoms with E-state index in [9.17, 15) is 4.79 Å². The van der Waals surface area contributed by atoms with Gasteiger partial charge in [-0.25, -0.2) is 4.98 Å². The minimum Gasteiger partial charge on any atom is -0.354 e. The molecule has 5 heteroatoms. The van der Waals surface area contributed by atoms with Gasteiger partial charge in [0.25, 0.3) is 0 Å². The monoisotopic (exact) mass is 291 g/mol. The zero-order valence-corrected chi connectivity index (χ0v) is 12.4. The summed E-state index contributed by atoms with van der Waals surface area (Å²) in [6.45, 7) is 4.66. The molecular formula is C15H18ClN3O. The van der Waals surface area contributed by atoms with E-state index >= 15 is 0 Å². The Balaban J connectivity index is 2.13. The Labute approximate surface area is 123 Å². The van der Waals surface area contributed by atoms with E-state index in [-0.39, 0.29) is 17.3 Å². The first-order valence-corrected chi connectivity index (χ1v) is 7.39. The summed E-state index contributed by atoms with van der Waals surface area (Å²) in [5.41, 5.74) is 3.27. The molecule has 2 aromatic rings. The maximum absolute atomic E-state index is 11.4. The van der Waals surface area contributed by atoms with E-state index in [4.69, 9.17) is 11.6 Å². The first-order chi connectivity index (χ1) is 9.56. The van der Waals surface area contributed by atoms with Crippen molar-refractivity contribution in [3.8, 4) is 0 Å². The molecule has 2 atom stereocenters. The lowest BCUT2D eigenvalue weighted by molar-refractivity contribution is -0.122. The highest BCUT2D eigenvalue weighted by Gasteiger charge is 2.25. The molecule has 2 heterocycles. The molecular weight excluding hydrogens is 274 g/mol. The quantitative estimate of drug-likeness (QED) is 0.864. The van der Waals surface area contributed by atoms with Crippen LogP contribution < -0.4 is 5.32 Å². The number of nitrogens with zero attached hydrogens (tertiary/aromatic N) is 2. The first kappa shape index (κ1) is 13.4. The van der Waals surface area contributed by atoms with Gasteiger partial charge in [-0.15, -0.1) is 11.6 Å². The minimum atomic E-state index is -0.152. The molecule has 0 spiro atoms. The maximum Gasteiger partial charge on any atom is 0.220 e. The van der Waals surface area contributed by atoms with Gasteiger partial charge in [-0.05, 0) is 38.0 Å². The number of aryl methyl sites for hydroxylation is 1. The van der Waals surface area contributed by atoms with E-state index in [2.05, 4.69) is 33.9 Å². The Morgan fingerprint density at radius 1 is 1.50 bits per heavy atom. The van der Waals surface area contributed by atoms with Gasteiger partial charge < -0.3 is 9.88 Å². The summed E-state index contributed by atoms with van der Waals surface area (Å²) < 4.78 is 2.21. The number of benzene rings is 1. The molecule has 0 saturated carbocycles. The topological polar surface area (TPSA) is 46.9 Å².